The summed E-state index contributed by atoms with van der Waals surface area (Å²) in [5.41, 5.74) is 15.5. The molecule has 0 radical (unpaired) electrons. The zero-order valence-corrected chi connectivity index (χ0v) is 16.0. The average molecular weight is 363 g/mol. The number of rotatable bonds is 4. The van der Waals surface area contributed by atoms with Crippen molar-refractivity contribution >= 4 is 40.4 Å². The summed E-state index contributed by atoms with van der Waals surface area (Å²) in [5.74, 6) is 0. The fourth-order valence-corrected chi connectivity index (χ4v) is 3.48. The van der Waals surface area contributed by atoms with Crippen LogP contribution in [0.2, 0.25) is 0 Å². The first-order valence-electron chi connectivity index (χ1n) is 8.54. The van der Waals surface area contributed by atoms with E-state index >= 15 is 0 Å². The molecule has 0 atom stereocenters. The van der Waals surface area contributed by atoms with Gasteiger partial charge < -0.3 is 5.73 Å². The Bertz CT molecular complexity index is 949. The van der Waals surface area contributed by atoms with Crippen LogP contribution < -0.4 is 10.2 Å². The quantitative estimate of drug-likeness (QED) is 0.515. The molecule has 0 heterocycles. The van der Waals surface area contributed by atoms with Crippen molar-refractivity contribution in [2.45, 2.75) is 13.3 Å². The summed E-state index contributed by atoms with van der Waals surface area (Å²) >= 11 is 6.15. The van der Waals surface area contributed by atoms with E-state index in [4.69, 9.17) is 17.5 Å². The number of hydrogen-bond donors (Lipinski definition) is 1. The van der Waals surface area contributed by atoms with Gasteiger partial charge in [-0.05, 0) is 64.5 Å². The smallest absolute Gasteiger partial charge is 0.0755 e. The van der Waals surface area contributed by atoms with Gasteiger partial charge in [0.1, 0.15) is 0 Å². The van der Waals surface area contributed by atoms with Gasteiger partial charge in [-0.25, -0.2) is 0 Å². The summed E-state index contributed by atoms with van der Waals surface area (Å²) in [4.78, 5) is 0. The molecule has 3 heteroatoms. The predicted octanol–water partition coefficient (Wildman–Crippen LogP) is 6.24. The number of nitrogen functional groups attached to an aromatic ring is 1. The number of halogens is 1. The van der Waals surface area contributed by atoms with Crippen molar-refractivity contribution in [2.75, 3.05) is 17.2 Å². The molecule has 0 saturated carbocycles. The lowest BCUT2D eigenvalue weighted by atomic mass is 9.84. The van der Waals surface area contributed by atoms with E-state index in [0.29, 0.717) is 5.69 Å². The predicted molar refractivity (Wildman–Crippen MR) is 116 cm³/mol. The van der Waals surface area contributed by atoms with Crippen LogP contribution in [0.5, 0.6) is 0 Å². The Kier molecular flexibility index (Phi) is 5.06. The van der Waals surface area contributed by atoms with E-state index in [1.54, 1.807) is 7.05 Å². The molecule has 26 heavy (non-hydrogen) atoms. The Morgan fingerprint density at radius 1 is 1.15 bits per heavy atom. The molecular weight excluding hydrogens is 340 g/mol. The summed E-state index contributed by atoms with van der Waals surface area (Å²) in [6.07, 6.45) is 7.03. The van der Waals surface area contributed by atoms with Crippen LogP contribution in [0.15, 0.2) is 67.3 Å². The third-order valence-electron chi connectivity index (χ3n) is 4.72. The molecule has 0 unspecified atom stereocenters. The van der Waals surface area contributed by atoms with Gasteiger partial charge in [-0.3, -0.25) is 4.42 Å². The van der Waals surface area contributed by atoms with E-state index in [-0.39, 0.29) is 0 Å². The number of nitrogens with two attached hydrogens (primary N) is 1. The molecule has 2 N–H and O–H groups in total. The SMILES string of the molecule is C=Cc1ccc(C2=C(c3ccc(N)c(N(C)Cl)c3)C=CCC2=C)cc1C. The highest BCUT2D eigenvalue weighted by Crippen LogP contribution is 2.39. The summed E-state index contributed by atoms with van der Waals surface area (Å²) in [5, 5.41) is 0. The van der Waals surface area contributed by atoms with Crippen molar-refractivity contribution in [3.05, 3.63) is 89.5 Å². The van der Waals surface area contributed by atoms with E-state index in [1.807, 2.05) is 24.3 Å². The topological polar surface area (TPSA) is 29.3 Å². The molecule has 2 nitrogen and oxygen atoms in total. The van der Waals surface area contributed by atoms with Gasteiger partial charge in [0.15, 0.2) is 0 Å². The molecular formula is C23H23ClN2. The van der Waals surface area contributed by atoms with Gasteiger partial charge in [-0.2, -0.15) is 0 Å². The monoisotopic (exact) mass is 362 g/mol. The number of benzene rings is 2. The normalized spacial score (nSPS) is 13.9. The molecule has 2 aromatic carbocycles. The Hall–Kier alpha value is -2.71. The van der Waals surface area contributed by atoms with Crippen molar-refractivity contribution in [1.82, 2.24) is 0 Å². The minimum atomic E-state index is 0.651. The van der Waals surface area contributed by atoms with Gasteiger partial charge in [0, 0.05) is 18.8 Å². The van der Waals surface area contributed by atoms with E-state index in [1.165, 1.54) is 15.6 Å². The van der Waals surface area contributed by atoms with Gasteiger partial charge >= 0.3 is 0 Å². The van der Waals surface area contributed by atoms with Crippen LogP contribution in [0, 0.1) is 6.92 Å². The lowest BCUT2D eigenvalue weighted by Gasteiger charge is -2.21. The van der Waals surface area contributed by atoms with Gasteiger partial charge in [0.2, 0.25) is 0 Å². The van der Waals surface area contributed by atoms with Crippen LogP contribution in [0.3, 0.4) is 0 Å². The summed E-state index contributed by atoms with van der Waals surface area (Å²) in [6.45, 7) is 10.3. The van der Waals surface area contributed by atoms with Crippen LogP contribution >= 0.6 is 11.8 Å². The minimum Gasteiger partial charge on any atom is -0.397 e. The van der Waals surface area contributed by atoms with Crippen LogP contribution in [0.1, 0.15) is 28.7 Å². The lowest BCUT2D eigenvalue weighted by molar-refractivity contribution is 1.28. The molecule has 1 aliphatic carbocycles. The minimum absolute atomic E-state index is 0.651. The van der Waals surface area contributed by atoms with Gasteiger partial charge in [0.25, 0.3) is 0 Å². The highest BCUT2D eigenvalue weighted by Gasteiger charge is 2.17. The molecule has 0 spiro atoms. The van der Waals surface area contributed by atoms with Crippen LogP contribution in [-0.2, 0) is 0 Å². The molecule has 2 aromatic rings. The van der Waals surface area contributed by atoms with Crippen molar-refractivity contribution in [2.24, 2.45) is 0 Å². The first kappa shape index (κ1) is 18.1. The highest BCUT2D eigenvalue weighted by atomic mass is 35.5. The molecule has 0 amide bonds. The molecule has 0 saturated heterocycles. The summed E-state index contributed by atoms with van der Waals surface area (Å²) < 4.78 is 1.52. The van der Waals surface area contributed by atoms with Crippen LogP contribution in [0.4, 0.5) is 11.4 Å². The number of anilines is 2. The number of nitrogens with zero attached hydrogens (tertiary/aromatic N) is 1. The maximum Gasteiger partial charge on any atom is 0.0755 e. The second-order valence-corrected chi connectivity index (χ2v) is 7.03. The van der Waals surface area contributed by atoms with E-state index in [9.17, 15) is 0 Å². The Labute approximate surface area is 160 Å². The first-order valence-corrected chi connectivity index (χ1v) is 8.88. The Morgan fingerprint density at radius 3 is 2.54 bits per heavy atom. The first-order chi connectivity index (χ1) is 12.4. The maximum atomic E-state index is 6.15. The molecule has 0 fully saturated rings. The highest BCUT2D eigenvalue weighted by molar-refractivity contribution is 6.26. The third kappa shape index (κ3) is 3.33. The number of hydrogen-bond acceptors (Lipinski definition) is 2. The maximum absolute atomic E-state index is 6.15. The zero-order chi connectivity index (χ0) is 18.8. The zero-order valence-electron chi connectivity index (χ0n) is 15.2. The molecule has 132 valence electrons. The largest absolute Gasteiger partial charge is 0.397 e. The van der Waals surface area contributed by atoms with E-state index in [0.717, 1.165) is 39.9 Å². The van der Waals surface area contributed by atoms with Crippen molar-refractivity contribution in [3.8, 4) is 0 Å². The average Bonchev–Trinajstić information content (AvgIpc) is 2.61. The van der Waals surface area contributed by atoms with Crippen LogP contribution in [-0.4, -0.2) is 7.05 Å². The Balaban J connectivity index is 2.22. The molecule has 3 rings (SSSR count). The van der Waals surface area contributed by atoms with E-state index in [2.05, 4.69) is 50.4 Å². The van der Waals surface area contributed by atoms with Crippen molar-refractivity contribution in [1.29, 1.82) is 0 Å². The molecule has 1 aliphatic rings. The molecule has 0 bridgehead atoms. The summed E-state index contributed by atoms with van der Waals surface area (Å²) in [7, 11) is 1.78. The van der Waals surface area contributed by atoms with Gasteiger partial charge in [-0.15, -0.1) is 0 Å². The second kappa shape index (κ2) is 7.27. The second-order valence-electron chi connectivity index (χ2n) is 6.52. The standard InChI is InChI=1S/C23H23ClN2/c1-5-17-9-10-19(13-16(17)3)23-15(2)7-6-8-20(23)18-11-12-21(25)22(14-18)26(4)24/h5-6,8-14H,1-2,7,25H2,3-4H3. The Morgan fingerprint density at radius 2 is 1.88 bits per heavy atom. The summed E-state index contributed by atoms with van der Waals surface area (Å²) in [6, 6.07) is 12.4. The fraction of sp³-hybridized carbons (Fsp3) is 0.130. The number of aryl methyl sites for hydroxylation is 1. The van der Waals surface area contributed by atoms with Gasteiger partial charge in [0.05, 0.1) is 11.4 Å². The van der Waals surface area contributed by atoms with Crippen molar-refractivity contribution < 1.29 is 0 Å². The van der Waals surface area contributed by atoms with Crippen molar-refractivity contribution in [3.63, 3.8) is 0 Å². The third-order valence-corrected chi connectivity index (χ3v) is 4.91. The van der Waals surface area contributed by atoms with Gasteiger partial charge in [-0.1, -0.05) is 55.7 Å². The fourth-order valence-electron chi connectivity index (χ4n) is 3.33. The van der Waals surface area contributed by atoms with Crippen LogP contribution in [0.25, 0.3) is 17.2 Å². The lowest BCUT2D eigenvalue weighted by Crippen LogP contribution is -2.05. The molecule has 0 aromatic heterocycles. The van der Waals surface area contributed by atoms with E-state index < -0.39 is 0 Å². The number of allylic oxidation sites excluding steroid dienone is 5. The molecule has 0 aliphatic heterocycles.